The van der Waals surface area contributed by atoms with E-state index in [1.165, 1.54) is 7.11 Å². The van der Waals surface area contributed by atoms with Crippen molar-refractivity contribution in [1.82, 2.24) is 15.4 Å². The van der Waals surface area contributed by atoms with E-state index in [0.29, 0.717) is 23.2 Å². The smallest absolute Gasteiger partial charge is 0.271 e. The number of nitrogens with two attached hydrogens (primary N) is 1. The molecule has 0 bridgehead atoms. The number of hydrogen-bond acceptors (Lipinski definition) is 5. The number of rotatable bonds is 5. The molecule has 104 valence electrons. The molecular formula is C13H14N4O3. The largest absolute Gasteiger partial charge is 0.504 e. The molecule has 0 saturated heterocycles. The van der Waals surface area contributed by atoms with Crippen molar-refractivity contribution in [2.45, 2.75) is 6.42 Å². The standard InChI is InChI=1S/C13H14N4O3/c1-3-4-7-5-8(6-9(20-2)12(7)18)10-11(13(14)19)16-17-15-10/h3,5-6,18H,1,4H2,2H3,(H2,14,19)(H,15,16,17). The van der Waals surface area contributed by atoms with Gasteiger partial charge in [0.1, 0.15) is 5.69 Å². The van der Waals surface area contributed by atoms with Gasteiger partial charge in [-0.2, -0.15) is 15.4 Å². The lowest BCUT2D eigenvalue weighted by atomic mass is 10.0. The highest BCUT2D eigenvalue weighted by molar-refractivity contribution is 5.96. The molecular weight excluding hydrogens is 260 g/mol. The Morgan fingerprint density at radius 2 is 2.30 bits per heavy atom. The number of methoxy groups -OCH3 is 1. The number of carbonyl (C=O) groups is 1. The number of ether oxygens (including phenoxy) is 1. The van der Waals surface area contributed by atoms with Crippen molar-refractivity contribution < 1.29 is 14.6 Å². The number of hydrogen-bond donors (Lipinski definition) is 3. The van der Waals surface area contributed by atoms with Crippen molar-refractivity contribution in [2.24, 2.45) is 5.73 Å². The van der Waals surface area contributed by atoms with Gasteiger partial charge in [0.25, 0.3) is 5.91 Å². The van der Waals surface area contributed by atoms with E-state index in [9.17, 15) is 9.90 Å². The molecule has 0 saturated carbocycles. The molecule has 1 amide bonds. The van der Waals surface area contributed by atoms with Crippen molar-refractivity contribution in [2.75, 3.05) is 7.11 Å². The first kappa shape index (κ1) is 13.6. The lowest BCUT2D eigenvalue weighted by Gasteiger charge is -2.10. The fourth-order valence-electron chi connectivity index (χ4n) is 1.87. The summed E-state index contributed by atoms with van der Waals surface area (Å²) in [4.78, 5) is 11.3. The number of phenols is 1. The van der Waals surface area contributed by atoms with E-state index in [1.807, 2.05) is 0 Å². The zero-order valence-corrected chi connectivity index (χ0v) is 10.9. The molecule has 0 spiro atoms. The fourth-order valence-corrected chi connectivity index (χ4v) is 1.87. The van der Waals surface area contributed by atoms with Gasteiger partial charge >= 0.3 is 0 Å². The number of aromatic amines is 1. The van der Waals surface area contributed by atoms with Crippen molar-refractivity contribution in [3.8, 4) is 22.8 Å². The van der Waals surface area contributed by atoms with Gasteiger partial charge in [-0.1, -0.05) is 6.08 Å². The van der Waals surface area contributed by atoms with E-state index in [1.54, 1.807) is 18.2 Å². The highest BCUT2D eigenvalue weighted by Gasteiger charge is 2.18. The number of aromatic nitrogens is 3. The molecule has 0 fully saturated rings. The van der Waals surface area contributed by atoms with E-state index < -0.39 is 5.91 Å². The average molecular weight is 274 g/mol. The number of nitrogens with one attached hydrogen (secondary N) is 1. The van der Waals surface area contributed by atoms with Crippen LogP contribution in [-0.2, 0) is 6.42 Å². The van der Waals surface area contributed by atoms with Crippen LogP contribution in [0.3, 0.4) is 0 Å². The topological polar surface area (TPSA) is 114 Å². The highest BCUT2D eigenvalue weighted by Crippen LogP contribution is 2.35. The molecule has 7 nitrogen and oxygen atoms in total. The monoisotopic (exact) mass is 274 g/mol. The quantitative estimate of drug-likeness (QED) is 0.704. The minimum atomic E-state index is -0.689. The van der Waals surface area contributed by atoms with Crippen LogP contribution >= 0.6 is 0 Å². The molecule has 2 rings (SSSR count). The van der Waals surface area contributed by atoms with Crippen LogP contribution in [0.1, 0.15) is 16.1 Å². The number of H-pyrrole nitrogens is 1. The minimum Gasteiger partial charge on any atom is -0.504 e. The SMILES string of the molecule is C=CCc1cc(-c2n[nH]nc2C(N)=O)cc(OC)c1O. The van der Waals surface area contributed by atoms with Gasteiger partial charge < -0.3 is 15.6 Å². The van der Waals surface area contributed by atoms with Gasteiger partial charge in [-0.3, -0.25) is 4.79 Å². The third kappa shape index (κ3) is 2.33. The summed E-state index contributed by atoms with van der Waals surface area (Å²) in [5.41, 5.74) is 6.74. The Morgan fingerprint density at radius 1 is 1.55 bits per heavy atom. The number of primary amides is 1. The van der Waals surface area contributed by atoms with Gasteiger partial charge in [0.05, 0.1) is 7.11 Å². The molecule has 7 heteroatoms. The van der Waals surface area contributed by atoms with Crippen molar-refractivity contribution in [3.63, 3.8) is 0 Å². The number of carbonyl (C=O) groups excluding carboxylic acids is 1. The summed E-state index contributed by atoms with van der Waals surface area (Å²) in [5.74, 6) is -0.385. The van der Waals surface area contributed by atoms with Gasteiger partial charge in [0.2, 0.25) is 0 Å². The van der Waals surface area contributed by atoms with Gasteiger partial charge in [-0.05, 0) is 18.6 Å². The number of nitrogens with zero attached hydrogens (tertiary/aromatic N) is 2. The summed E-state index contributed by atoms with van der Waals surface area (Å²) in [5, 5.41) is 20.0. The molecule has 2 aromatic rings. The van der Waals surface area contributed by atoms with Crippen LogP contribution in [0.15, 0.2) is 24.8 Å². The summed E-state index contributed by atoms with van der Waals surface area (Å²) >= 11 is 0. The van der Waals surface area contributed by atoms with Gasteiger partial charge in [-0.25, -0.2) is 0 Å². The normalized spacial score (nSPS) is 10.2. The molecule has 0 aliphatic heterocycles. The van der Waals surface area contributed by atoms with Crippen LogP contribution in [0.4, 0.5) is 0 Å². The molecule has 0 atom stereocenters. The van der Waals surface area contributed by atoms with Crippen LogP contribution in [0.25, 0.3) is 11.3 Å². The third-order valence-electron chi connectivity index (χ3n) is 2.79. The molecule has 0 aliphatic rings. The zero-order valence-electron chi connectivity index (χ0n) is 10.9. The van der Waals surface area contributed by atoms with Crippen LogP contribution in [0, 0.1) is 0 Å². The van der Waals surface area contributed by atoms with E-state index in [0.717, 1.165) is 0 Å². The van der Waals surface area contributed by atoms with Gasteiger partial charge in [0.15, 0.2) is 17.2 Å². The first-order valence-electron chi connectivity index (χ1n) is 5.80. The summed E-state index contributed by atoms with van der Waals surface area (Å²) < 4.78 is 5.11. The van der Waals surface area contributed by atoms with Gasteiger partial charge in [-0.15, -0.1) is 6.58 Å². The first-order valence-corrected chi connectivity index (χ1v) is 5.80. The predicted molar refractivity (Wildman–Crippen MR) is 72.5 cm³/mol. The summed E-state index contributed by atoms with van der Waals surface area (Å²) in [6, 6.07) is 3.25. The number of allylic oxidation sites excluding steroid dienone is 1. The van der Waals surface area contributed by atoms with E-state index in [-0.39, 0.29) is 17.2 Å². The Bertz CT molecular complexity index is 664. The Hall–Kier alpha value is -2.83. The molecule has 0 unspecified atom stereocenters. The summed E-state index contributed by atoms with van der Waals surface area (Å²) in [6.07, 6.45) is 2.09. The zero-order chi connectivity index (χ0) is 14.7. The maximum absolute atomic E-state index is 11.3. The third-order valence-corrected chi connectivity index (χ3v) is 2.79. The Morgan fingerprint density at radius 3 is 2.90 bits per heavy atom. The molecule has 1 heterocycles. The number of benzene rings is 1. The maximum atomic E-state index is 11.3. The average Bonchev–Trinajstić information content (AvgIpc) is 2.90. The second-order valence-corrected chi connectivity index (χ2v) is 4.06. The molecule has 1 aromatic carbocycles. The fraction of sp³-hybridized carbons (Fsp3) is 0.154. The maximum Gasteiger partial charge on any atom is 0.271 e. The minimum absolute atomic E-state index is 0.0280. The first-order chi connectivity index (χ1) is 9.58. The molecule has 0 radical (unpaired) electrons. The van der Waals surface area contributed by atoms with Crippen LogP contribution < -0.4 is 10.5 Å². The lowest BCUT2D eigenvalue weighted by molar-refractivity contribution is 0.0996. The van der Waals surface area contributed by atoms with Crippen molar-refractivity contribution >= 4 is 5.91 Å². The lowest BCUT2D eigenvalue weighted by Crippen LogP contribution is -2.12. The Kier molecular flexibility index (Phi) is 3.69. The molecule has 0 aliphatic carbocycles. The molecule has 4 N–H and O–H groups in total. The Balaban J connectivity index is 2.62. The summed E-state index contributed by atoms with van der Waals surface area (Å²) in [7, 11) is 1.44. The number of amides is 1. The second kappa shape index (κ2) is 5.43. The predicted octanol–water partition coefficient (Wildman–Crippen LogP) is 1.01. The van der Waals surface area contributed by atoms with Crippen LogP contribution in [0.5, 0.6) is 11.5 Å². The van der Waals surface area contributed by atoms with Crippen LogP contribution in [-0.4, -0.2) is 33.5 Å². The Labute approximate surface area is 115 Å². The van der Waals surface area contributed by atoms with E-state index in [2.05, 4.69) is 22.0 Å². The van der Waals surface area contributed by atoms with Crippen molar-refractivity contribution in [1.29, 1.82) is 0 Å². The highest BCUT2D eigenvalue weighted by atomic mass is 16.5. The second-order valence-electron chi connectivity index (χ2n) is 4.06. The molecule has 20 heavy (non-hydrogen) atoms. The van der Waals surface area contributed by atoms with Crippen LogP contribution in [0.2, 0.25) is 0 Å². The molecule has 1 aromatic heterocycles. The summed E-state index contributed by atoms with van der Waals surface area (Å²) in [6.45, 7) is 3.63. The van der Waals surface area contributed by atoms with E-state index in [4.69, 9.17) is 10.5 Å². The van der Waals surface area contributed by atoms with E-state index >= 15 is 0 Å². The number of aromatic hydroxyl groups is 1. The number of phenolic OH excluding ortho intramolecular Hbond substituents is 1. The van der Waals surface area contributed by atoms with Crippen molar-refractivity contribution in [3.05, 3.63) is 36.0 Å². The van der Waals surface area contributed by atoms with Gasteiger partial charge in [0, 0.05) is 11.1 Å².